The second kappa shape index (κ2) is 7.50. The van der Waals surface area contributed by atoms with Crippen molar-refractivity contribution in [2.45, 2.75) is 38.6 Å². The van der Waals surface area contributed by atoms with Crippen LogP contribution in [0.25, 0.3) is 0 Å². The van der Waals surface area contributed by atoms with Crippen molar-refractivity contribution in [2.24, 2.45) is 0 Å². The molecular weight excluding hydrogens is 274 g/mol. The van der Waals surface area contributed by atoms with Crippen molar-refractivity contribution >= 4 is 5.91 Å². The first-order chi connectivity index (χ1) is 10.1. The van der Waals surface area contributed by atoms with Crippen molar-refractivity contribution in [2.75, 3.05) is 19.6 Å². The van der Waals surface area contributed by atoms with Gasteiger partial charge >= 0.3 is 0 Å². The lowest BCUT2D eigenvalue weighted by atomic mass is 10.0. The van der Waals surface area contributed by atoms with Crippen molar-refractivity contribution in [3.8, 4) is 0 Å². The van der Waals surface area contributed by atoms with E-state index < -0.39 is 17.5 Å². The van der Waals surface area contributed by atoms with Gasteiger partial charge in [-0.15, -0.1) is 0 Å². The van der Waals surface area contributed by atoms with Gasteiger partial charge in [-0.2, -0.15) is 0 Å². The Bertz CT molecular complexity index is 487. The number of nitrogens with zero attached hydrogens (tertiary/aromatic N) is 1. The normalized spacial score (nSPS) is 18.5. The molecule has 3 nitrogen and oxygen atoms in total. The summed E-state index contributed by atoms with van der Waals surface area (Å²) in [5.74, 6) is -2.46. The van der Waals surface area contributed by atoms with Gasteiger partial charge in [0.1, 0.15) is 0 Å². The van der Waals surface area contributed by atoms with E-state index in [4.69, 9.17) is 0 Å². The van der Waals surface area contributed by atoms with Gasteiger partial charge in [-0.1, -0.05) is 19.4 Å². The van der Waals surface area contributed by atoms with Gasteiger partial charge < -0.3 is 10.2 Å². The molecule has 1 unspecified atom stereocenters. The molecule has 1 aromatic rings. The third-order valence-electron chi connectivity index (χ3n) is 3.82. The predicted octanol–water partition coefficient (Wildman–Crippen LogP) is 2.96. The van der Waals surface area contributed by atoms with E-state index in [-0.39, 0.29) is 11.6 Å². The second-order valence-electron chi connectivity index (χ2n) is 5.50. The average molecular weight is 296 g/mol. The Labute approximate surface area is 124 Å². The first-order valence-electron chi connectivity index (χ1n) is 7.60. The van der Waals surface area contributed by atoms with Crippen molar-refractivity contribution in [1.82, 2.24) is 10.2 Å². The van der Waals surface area contributed by atoms with E-state index in [0.717, 1.165) is 38.3 Å². The third-order valence-corrected chi connectivity index (χ3v) is 3.82. The summed E-state index contributed by atoms with van der Waals surface area (Å²) in [6.45, 7) is 4.01. The van der Waals surface area contributed by atoms with Crippen molar-refractivity contribution < 1.29 is 13.6 Å². The lowest BCUT2D eigenvalue weighted by molar-refractivity contribution is 0.0726. The van der Waals surface area contributed by atoms with Crippen LogP contribution in [0.15, 0.2) is 18.2 Å². The zero-order chi connectivity index (χ0) is 15.2. The first kappa shape index (κ1) is 15.9. The minimum Gasteiger partial charge on any atom is -0.337 e. The van der Waals surface area contributed by atoms with Gasteiger partial charge in [0.2, 0.25) is 0 Å². The maximum Gasteiger partial charge on any atom is 0.256 e. The fourth-order valence-electron chi connectivity index (χ4n) is 2.73. The molecule has 0 saturated carbocycles. The molecule has 1 aliphatic heterocycles. The number of hydrogen-bond donors (Lipinski definition) is 1. The highest BCUT2D eigenvalue weighted by atomic mass is 19.2. The summed E-state index contributed by atoms with van der Waals surface area (Å²) in [4.78, 5) is 14.1. The quantitative estimate of drug-likeness (QED) is 0.906. The molecule has 116 valence electrons. The number of halogens is 2. The summed E-state index contributed by atoms with van der Waals surface area (Å²) in [6, 6.07) is 3.98. The van der Waals surface area contributed by atoms with Crippen LogP contribution in [-0.4, -0.2) is 36.5 Å². The Hall–Kier alpha value is -1.49. The monoisotopic (exact) mass is 296 g/mol. The minimum atomic E-state index is -1.06. The van der Waals surface area contributed by atoms with Crippen molar-refractivity contribution in [1.29, 1.82) is 0 Å². The molecule has 1 amide bonds. The minimum absolute atomic E-state index is 0.181. The Kier molecular flexibility index (Phi) is 5.67. The molecule has 1 fully saturated rings. The van der Waals surface area contributed by atoms with Gasteiger partial charge in [0.25, 0.3) is 5.91 Å². The lowest BCUT2D eigenvalue weighted by Crippen LogP contribution is -2.46. The SMILES string of the molecule is CCCN(CC1CCCCN1)C(=O)c1cccc(F)c1F. The van der Waals surface area contributed by atoms with Crippen LogP contribution in [0, 0.1) is 11.6 Å². The van der Waals surface area contributed by atoms with Crippen LogP contribution >= 0.6 is 0 Å². The molecule has 2 rings (SSSR count). The Morgan fingerprint density at radius 3 is 2.86 bits per heavy atom. The molecule has 1 heterocycles. The Morgan fingerprint density at radius 1 is 1.38 bits per heavy atom. The zero-order valence-corrected chi connectivity index (χ0v) is 12.4. The highest BCUT2D eigenvalue weighted by molar-refractivity contribution is 5.94. The standard InChI is InChI=1S/C16H22F2N2O/c1-2-10-20(11-12-6-3-4-9-19-12)16(21)13-7-5-8-14(17)15(13)18/h5,7-8,12,19H,2-4,6,9-11H2,1H3. The summed E-state index contributed by atoms with van der Waals surface area (Å²) in [5.41, 5.74) is -0.181. The molecule has 0 bridgehead atoms. The largest absolute Gasteiger partial charge is 0.337 e. The maximum atomic E-state index is 13.8. The smallest absolute Gasteiger partial charge is 0.256 e. The summed E-state index contributed by atoms with van der Waals surface area (Å²) in [7, 11) is 0. The summed E-state index contributed by atoms with van der Waals surface area (Å²) in [6.07, 6.45) is 4.09. The highest BCUT2D eigenvalue weighted by Gasteiger charge is 2.24. The molecular formula is C16H22F2N2O. The number of amides is 1. The van der Waals surface area contributed by atoms with E-state index >= 15 is 0 Å². The topological polar surface area (TPSA) is 32.3 Å². The molecule has 1 aliphatic rings. The number of piperidine rings is 1. The van der Waals surface area contributed by atoms with Crippen LogP contribution in [0.1, 0.15) is 43.0 Å². The molecule has 21 heavy (non-hydrogen) atoms. The van der Waals surface area contributed by atoms with Crippen LogP contribution in [0.4, 0.5) is 8.78 Å². The van der Waals surface area contributed by atoms with Gasteiger partial charge in [-0.05, 0) is 37.9 Å². The molecule has 1 aromatic carbocycles. The van der Waals surface area contributed by atoms with E-state index in [2.05, 4.69) is 5.32 Å². The fourth-order valence-corrected chi connectivity index (χ4v) is 2.73. The van der Waals surface area contributed by atoms with Gasteiger partial charge in [-0.25, -0.2) is 8.78 Å². The summed E-state index contributed by atoms with van der Waals surface area (Å²) >= 11 is 0. The van der Waals surface area contributed by atoms with Crippen molar-refractivity contribution in [3.05, 3.63) is 35.4 Å². The summed E-state index contributed by atoms with van der Waals surface area (Å²) in [5, 5.41) is 3.38. The van der Waals surface area contributed by atoms with Gasteiger partial charge in [0.05, 0.1) is 5.56 Å². The molecule has 1 atom stereocenters. The number of carbonyl (C=O) groups excluding carboxylic acids is 1. The maximum absolute atomic E-state index is 13.8. The van der Waals surface area contributed by atoms with E-state index in [1.165, 1.54) is 12.1 Å². The van der Waals surface area contributed by atoms with Crippen LogP contribution in [0.5, 0.6) is 0 Å². The van der Waals surface area contributed by atoms with Crippen LogP contribution in [-0.2, 0) is 0 Å². The Morgan fingerprint density at radius 2 is 2.19 bits per heavy atom. The molecule has 5 heteroatoms. The van der Waals surface area contributed by atoms with E-state index in [1.54, 1.807) is 4.90 Å². The molecule has 0 aromatic heterocycles. The van der Waals surface area contributed by atoms with Gasteiger partial charge in [0.15, 0.2) is 11.6 Å². The van der Waals surface area contributed by atoms with Gasteiger partial charge in [-0.3, -0.25) is 4.79 Å². The second-order valence-corrected chi connectivity index (χ2v) is 5.50. The van der Waals surface area contributed by atoms with Crippen LogP contribution in [0.2, 0.25) is 0 Å². The molecule has 0 radical (unpaired) electrons. The van der Waals surface area contributed by atoms with E-state index in [1.807, 2.05) is 6.92 Å². The molecule has 0 aliphatic carbocycles. The number of carbonyl (C=O) groups is 1. The Balaban J connectivity index is 2.12. The average Bonchev–Trinajstić information content (AvgIpc) is 2.50. The van der Waals surface area contributed by atoms with Crippen LogP contribution in [0.3, 0.4) is 0 Å². The zero-order valence-electron chi connectivity index (χ0n) is 12.4. The predicted molar refractivity (Wildman–Crippen MR) is 78.2 cm³/mol. The van der Waals surface area contributed by atoms with E-state index in [9.17, 15) is 13.6 Å². The molecule has 1 N–H and O–H groups in total. The number of hydrogen-bond acceptors (Lipinski definition) is 2. The van der Waals surface area contributed by atoms with E-state index in [0.29, 0.717) is 13.1 Å². The fraction of sp³-hybridized carbons (Fsp3) is 0.562. The number of nitrogens with one attached hydrogen (secondary N) is 1. The first-order valence-corrected chi connectivity index (χ1v) is 7.60. The third kappa shape index (κ3) is 4.00. The number of rotatable bonds is 5. The lowest BCUT2D eigenvalue weighted by Gasteiger charge is -2.30. The highest BCUT2D eigenvalue weighted by Crippen LogP contribution is 2.16. The van der Waals surface area contributed by atoms with Crippen LogP contribution < -0.4 is 5.32 Å². The molecule has 1 saturated heterocycles. The molecule has 0 spiro atoms. The van der Waals surface area contributed by atoms with Crippen molar-refractivity contribution in [3.63, 3.8) is 0 Å². The number of benzene rings is 1. The van der Waals surface area contributed by atoms with Gasteiger partial charge in [0, 0.05) is 19.1 Å². The summed E-state index contributed by atoms with van der Waals surface area (Å²) < 4.78 is 27.1.